The molecule has 0 N–H and O–H groups in total. The zero-order valence-electron chi connectivity index (χ0n) is 10.5. The number of ether oxygens (including phenoxy) is 1. The lowest BCUT2D eigenvalue weighted by molar-refractivity contribution is -0.422. The molecule has 0 aliphatic heterocycles. The van der Waals surface area contributed by atoms with Gasteiger partial charge in [-0.3, -0.25) is 25.0 Å². The van der Waals surface area contributed by atoms with Gasteiger partial charge in [-0.05, 0) is 35.2 Å². The van der Waals surface area contributed by atoms with Gasteiger partial charge in [0.2, 0.25) is 0 Å². The van der Waals surface area contributed by atoms with Crippen molar-refractivity contribution in [2.75, 3.05) is 7.11 Å². The summed E-state index contributed by atoms with van der Waals surface area (Å²) in [6.45, 7) is 0. The number of rotatable bonds is 7. The van der Waals surface area contributed by atoms with E-state index in [1.807, 2.05) is 0 Å². The number of nitro groups is 2. The number of hydrogen-bond acceptors (Lipinski definition) is 7. The van der Waals surface area contributed by atoms with Gasteiger partial charge in [-0.1, -0.05) is 0 Å². The van der Waals surface area contributed by atoms with Gasteiger partial charge in [0.1, 0.15) is 0 Å². The lowest BCUT2D eigenvalue weighted by Gasteiger charge is -1.98. The van der Waals surface area contributed by atoms with Crippen molar-refractivity contribution in [1.82, 2.24) is 0 Å². The van der Waals surface area contributed by atoms with E-state index in [0.29, 0.717) is 24.1 Å². The van der Waals surface area contributed by atoms with E-state index in [-0.39, 0.29) is 16.2 Å². The highest BCUT2D eigenvalue weighted by Gasteiger charge is 2.35. The third-order valence-corrected chi connectivity index (χ3v) is 4.39. The minimum Gasteiger partial charge on any atom is -0.469 e. The van der Waals surface area contributed by atoms with Gasteiger partial charge in [-0.2, -0.15) is 0 Å². The molecule has 0 atom stereocenters. The minimum absolute atomic E-state index is 0.136. The van der Waals surface area contributed by atoms with Gasteiger partial charge >= 0.3 is 17.3 Å². The smallest absolute Gasteiger partial charge is 0.371 e. The normalized spacial score (nSPS) is 10.3. The van der Waals surface area contributed by atoms with Gasteiger partial charge in [0.15, 0.2) is 3.79 Å². The fourth-order valence-electron chi connectivity index (χ4n) is 1.60. The highest BCUT2D eigenvalue weighted by molar-refractivity contribution is 9.11. The van der Waals surface area contributed by atoms with Crippen molar-refractivity contribution in [3.8, 4) is 0 Å². The second-order valence-electron chi connectivity index (χ2n) is 3.79. The molecular weight excluding hydrogens is 356 g/mol. The zero-order chi connectivity index (χ0) is 15.3. The maximum atomic E-state index is 11.0. The van der Waals surface area contributed by atoms with Gasteiger partial charge in [0.05, 0.1) is 21.8 Å². The monoisotopic (exact) mass is 366 g/mol. The summed E-state index contributed by atoms with van der Waals surface area (Å²) in [5, 5.41) is 21.8. The van der Waals surface area contributed by atoms with Crippen LogP contribution in [-0.2, 0) is 16.0 Å². The molecule has 0 aliphatic carbocycles. The van der Waals surface area contributed by atoms with Crippen molar-refractivity contribution in [1.29, 1.82) is 0 Å². The van der Waals surface area contributed by atoms with E-state index in [4.69, 9.17) is 0 Å². The Bertz CT molecular complexity index is 544. The maximum Gasteiger partial charge on any atom is 0.371 e. The van der Waals surface area contributed by atoms with Crippen LogP contribution in [0.3, 0.4) is 0 Å². The Morgan fingerprint density at radius 2 is 1.85 bits per heavy atom. The minimum atomic E-state index is -0.767. The number of methoxy groups -OCH3 is 1. The largest absolute Gasteiger partial charge is 0.469 e. The van der Waals surface area contributed by atoms with Crippen LogP contribution in [0.15, 0.2) is 3.79 Å². The summed E-state index contributed by atoms with van der Waals surface area (Å²) >= 11 is 3.96. The van der Waals surface area contributed by atoms with Crippen LogP contribution < -0.4 is 0 Å². The number of aryl methyl sites for hydroxylation is 1. The third kappa shape index (κ3) is 3.97. The first kappa shape index (κ1) is 16.5. The van der Waals surface area contributed by atoms with Crippen LogP contribution >= 0.6 is 27.3 Å². The van der Waals surface area contributed by atoms with Crippen molar-refractivity contribution < 1.29 is 19.4 Å². The van der Waals surface area contributed by atoms with Crippen molar-refractivity contribution in [3.63, 3.8) is 0 Å². The molecule has 0 amide bonds. The molecule has 8 nitrogen and oxygen atoms in total. The summed E-state index contributed by atoms with van der Waals surface area (Å²) in [7, 11) is 1.28. The molecule has 0 unspecified atom stereocenters. The first-order chi connectivity index (χ1) is 9.38. The fraction of sp³-hybridized carbons (Fsp3) is 0.500. The van der Waals surface area contributed by atoms with E-state index in [1.54, 1.807) is 0 Å². The molecule has 0 saturated carbocycles. The van der Waals surface area contributed by atoms with Crippen LogP contribution in [-0.4, -0.2) is 22.9 Å². The summed E-state index contributed by atoms with van der Waals surface area (Å²) in [6.07, 6.45) is 1.55. The molecular formula is C10H11BrN2O6S. The first-order valence-corrected chi connectivity index (χ1v) is 7.16. The number of carbonyl (C=O) groups is 1. The fourth-order valence-corrected chi connectivity index (χ4v) is 3.52. The topological polar surface area (TPSA) is 113 Å². The van der Waals surface area contributed by atoms with E-state index in [0.717, 1.165) is 11.3 Å². The molecule has 20 heavy (non-hydrogen) atoms. The summed E-state index contributed by atoms with van der Waals surface area (Å²) in [5.41, 5.74) is -0.979. The van der Waals surface area contributed by atoms with E-state index >= 15 is 0 Å². The molecule has 0 fully saturated rings. The van der Waals surface area contributed by atoms with Gasteiger partial charge in [0.25, 0.3) is 0 Å². The highest BCUT2D eigenvalue weighted by atomic mass is 79.9. The van der Waals surface area contributed by atoms with Gasteiger partial charge < -0.3 is 4.74 Å². The number of halogens is 1. The lowest BCUT2D eigenvalue weighted by atomic mass is 10.1. The van der Waals surface area contributed by atoms with E-state index in [1.165, 1.54) is 7.11 Å². The SMILES string of the molecule is COC(=O)CCCCc1sc(Br)c([N+](=O)[O-])c1[N+](=O)[O-]. The molecule has 0 aliphatic rings. The van der Waals surface area contributed by atoms with Crippen LogP contribution in [0.2, 0.25) is 0 Å². The first-order valence-electron chi connectivity index (χ1n) is 5.55. The average Bonchev–Trinajstić information content (AvgIpc) is 2.71. The predicted molar refractivity (Wildman–Crippen MR) is 74.9 cm³/mol. The molecule has 1 aromatic heterocycles. The Balaban J connectivity index is 2.80. The Kier molecular flexibility index (Phi) is 6.02. The molecule has 0 spiro atoms. The molecule has 1 heterocycles. The van der Waals surface area contributed by atoms with Crippen LogP contribution in [0, 0.1) is 20.2 Å². The molecule has 1 aromatic rings. The molecule has 0 aromatic carbocycles. The predicted octanol–water partition coefficient (Wildman–Crippen LogP) is 3.21. The van der Waals surface area contributed by atoms with Crippen LogP contribution in [0.5, 0.6) is 0 Å². The van der Waals surface area contributed by atoms with Gasteiger partial charge in [-0.15, -0.1) is 11.3 Å². The number of thiophene rings is 1. The number of esters is 1. The number of carbonyl (C=O) groups excluding carboxylic acids is 1. The number of unbranched alkanes of at least 4 members (excludes halogenated alkanes) is 1. The molecule has 0 bridgehead atoms. The van der Waals surface area contributed by atoms with Crippen LogP contribution in [0.4, 0.5) is 11.4 Å². The summed E-state index contributed by atoms with van der Waals surface area (Å²) in [5.74, 6) is -0.349. The Labute approximate surface area is 126 Å². The second-order valence-corrected chi connectivity index (χ2v) is 6.22. The second kappa shape index (κ2) is 7.29. The average molecular weight is 367 g/mol. The molecule has 110 valence electrons. The number of hydrogen-bond donors (Lipinski definition) is 0. The molecule has 0 radical (unpaired) electrons. The Morgan fingerprint density at radius 1 is 1.25 bits per heavy atom. The lowest BCUT2D eigenvalue weighted by Crippen LogP contribution is -2.00. The quantitative estimate of drug-likeness (QED) is 0.316. The van der Waals surface area contributed by atoms with E-state index in [9.17, 15) is 25.0 Å². The summed E-state index contributed by atoms with van der Waals surface area (Å²) in [6, 6.07) is 0. The van der Waals surface area contributed by atoms with E-state index < -0.39 is 21.2 Å². The van der Waals surface area contributed by atoms with Crippen molar-refractivity contribution >= 4 is 44.6 Å². The zero-order valence-corrected chi connectivity index (χ0v) is 12.9. The van der Waals surface area contributed by atoms with Crippen molar-refractivity contribution in [2.24, 2.45) is 0 Å². The Morgan fingerprint density at radius 3 is 2.35 bits per heavy atom. The van der Waals surface area contributed by atoms with E-state index in [2.05, 4.69) is 20.7 Å². The third-order valence-electron chi connectivity index (χ3n) is 2.51. The van der Waals surface area contributed by atoms with Gasteiger partial charge in [0, 0.05) is 6.42 Å². The summed E-state index contributed by atoms with van der Waals surface area (Å²) in [4.78, 5) is 31.5. The molecule has 10 heteroatoms. The van der Waals surface area contributed by atoms with Crippen LogP contribution in [0.1, 0.15) is 24.1 Å². The van der Waals surface area contributed by atoms with Crippen molar-refractivity contribution in [2.45, 2.75) is 25.7 Å². The van der Waals surface area contributed by atoms with Gasteiger partial charge in [-0.25, -0.2) is 0 Å². The van der Waals surface area contributed by atoms with Crippen molar-refractivity contribution in [3.05, 3.63) is 28.9 Å². The maximum absolute atomic E-state index is 11.0. The molecule has 0 saturated heterocycles. The van der Waals surface area contributed by atoms with Crippen LogP contribution in [0.25, 0.3) is 0 Å². The standard InChI is InChI=1S/C10H11BrN2O6S/c1-19-7(14)5-3-2-4-6-8(12(15)16)9(13(17)18)10(11)20-6/h2-5H2,1H3. The number of nitrogens with zero attached hydrogens (tertiary/aromatic N) is 2. The highest BCUT2D eigenvalue weighted by Crippen LogP contribution is 2.45. The summed E-state index contributed by atoms with van der Waals surface area (Å²) < 4.78 is 4.61. The molecule has 1 rings (SSSR count). The Hall–Kier alpha value is -1.55.